The van der Waals surface area contributed by atoms with Gasteiger partial charge < -0.3 is 0 Å². The lowest BCUT2D eigenvalue weighted by molar-refractivity contribution is 0.103. The Kier molecular flexibility index (Phi) is 2.64. The van der Waals surface area contributed by atoms with Crippen LogP contribution < -0.4 is 0 Å². The summed E-state index contributed by atoms with van der Waals surface area (Å²) in [7, 11) is 0. The first kappa shape index (κ1) is 9.66. The van der Waals surface area contributed by atoms with Crippen molar-refractivity contribution in [2.24, 2.45) is 0 Å². The van der Waals surface area contributed by atoms with Crippen molar-refractivity contribution < 1.29 is 4.79 Å². The third-order valence-corrected chi connectivity index (χ3v) is 2.24. The van der Waals surface area contributed by atoms with Crippen molar-refractivity contribution in [3.05, 3.63) is 71.3 Å². The lowest BCUT2D eigenvalue weighted by Crippen LogP contribution is -2.01. The number of carbonyl (C=O) groups is 1. The van der Waals surface area contributed by atoms with Gasteiger partial charge in [0.05, 0.1) is 0 Å². The van der Waals surface area contributed by atoms with Gasteiger partial charge in [0, 0.05) is 11.1 Å². The molecule has 1 radical (unpaired) electrons. The van der Waals surface area contributed by atoms with Gasteiger partial charge in [-0.05, 0) is 19.1 Å². The van der Waals surface area contributed by atoms with Crippen molar-refractivity contribution in [1.82, 2.24) is 0 Å². The Morgan fingerprint density at radius 3 is 2.53 bits per heavy atom. The summed E-state index contributed by atoms with van der Waals surface area (Å²) in [4.78, 5) is 12.0. The Balaban J connectivity index is 2.37. The van der Waals surface area contributed by atoms with E-state index in [2.05, 4.69) is 6.07 Å². The van der Waals surface area contributed by atoms with Crippen molar-refractivity contribution in [3.63, 3.8) is 0 Å². The highest BCUT2D eigenvalue weighted by molar-refractivity contribution is 6.08. The normalized spacial score (nSPS) is 9.93. The van der Waals surface area contributed by atoms with Crippen molar-refractivity contribution in [2.75, 3.05) is 0 Å². The van der Waals surface area contributed by atoms with Gasteiger partial charge in [-0.15, -0.1) is 0 Å². The van der Waals surface area contributed by atoms with Crippen LogP contribution in [0, 0.1) is 13.0 Å². The molecule has 0 aromatic heterocycles. The average molecular weight is 195 g/mol. The van der Waals surface area contributed by atoms with E-state index in [4.69, 9.17) is 0 Å². The molecule has 2 rings (SSSR count). The molecule has 73 valence electrons. The monoisotopic (exact) mass is 195 g/mol. The Bertz CT molecular complexity index is 472. The highest BCUT2D eigenvalue weighted by Gasteiger charge is 2.07. The molecule has 0 heterocycles. The molecule has 0 N–H and O–H groups in total. The van der Waals surface area contributed by atoms with Crippen molar-refractivity contribution in [1.29, 1.82) is 0 Å². The van der Waals surface area contributed by atoms with Gasteiger partial charge in [-0.3, -0.25) is 4.79 Å². The van der Waals surface area contributed by atoms with Crippen LogP contribution in [0.3, 0.4) is 0 Å². The maximum Gasteiger partial charge on any atom is 0.193 e. The number of aryl methyl sites for hydroxylation is 1. The SMILES string of the molecule is Cc1cc[c]c(C(=O)c2ccccc2)c1. The minimum Gasteiger partial charge on any atom is -0.289 e. The number of hydrogen-bond acceptors (Lipinski definition) is 1. The molecule has 0 spiro atoms. The zero-order valence-corrected chi connectivity index (χ0v) is 8.53. The third-order valence-electron chi connectivity index (χ3n) is 2.24. The van der Waals surface area contributed by atoms with Gasteiger partial charge in [0.15, 0.2) is 5.78 Å². The van der Waals surface area contributed by atoms with Gasteiger partial charge in [0.2, 0.25) is 0 Å². The zero-order valence-electron chi connectivity index (χ0n) is 8.53. The average Bonchev–Trinajstić information content (AvgIpc) is 2.29. The van der Waals surface area contributed by atoms with Crippen LogP contribution in [0.5, 0.6) is 0 Å². The molecule has 0 unspecified atom stereocenters. The van der Waals surface area contributed by atoms with E-state index in [1.165, 1.54) is 0 Å². The van der Waals surface area contributed by atoms with E-state index in [1.807, 2.05) is 49.4 Å². The van der Waals surface area contributed by atoms with Crippen LogP contribution >= 0.6 is 0 Å². The Labute approximate surface area is 89.4 Å². The number of benzene rings is 2. The fourth-order valence-electron chi connectivity index (χ4n) is 1.46. The minimum atomic E-state index is 0.0271. The molecule has 0 fully saturated rings. The molecule has 0 amide bonds. The molecule has 15 heavy (non-hydrogen) atoms. The molecule has 0 bridgehead atoms. The van der Waals surface area contributed by atoms with Crippen molar-refractivity contribution >= 4 is 5.78 Å². The van der Waals surface area contributed by atoms with Gasteiger partial charge in [0.25, 0.3) is 0 Å². The van der Waals surface area contributed by atoms with Gasteiger partial charge in [-0.2, -0.15) is 0 Å². The summed E-state index contributed by atoms with van der Waals surface area (Å²) >= 11 is 0. The number of rotatable bonds is 2. The van der Waals surface area contributed by atoms with E-state index in [1.54, 1.807) is 6.07 Å². The molecule has 0 saturated carbocycles. The van der Waals surface area contributed by atoms with Crippen LogP contribution in [0.15, 0.2) is 48.5 Å². The van der Waals surface area contributed by atoms with E-state index in [0.717, 1.165) is 5.56 Å². The second-order valence-corrected chi connectivity index (χ2v) is 3.47. The number of hydrogen-bond donors (Lipinski definition) is 0. The summed E-state index contributed by atoms with van der Waals surface area (Å²) in [5, 5.41) is 0. The van der Waals surface area contributed by atoms with Crippen LogP contribution in [0.4, 0.5) is 0 Å². The molecule has 0 atom stereocenters. The Morgan fingerprint density at radius 2 is 1.87 bits per heavy atom. The van der Waals surface area contributed by atoms with Crippen LogP contribution in [-0.4, -0.2) is 5.78 Å². The highest BCUT2D eigenvalue weighted by Crippen LogP contribution is 2.10. The Morgan fingerprint density at radius 1 is 1.13 bits per heavy atom. The predicted octanol–water partition coefficient (Wildman–Crippen LogP) is 3.03. The lowest BCUT2D eigenvalue weighted by atomic mass is 10.0. The standard InChI is InChI=1S/C14H11O/c1-11-6-5-9-13(10-11)14(15)12-7-3-2-4-8-12/h2-8,10H,1H3. The van der Waals surface area contributed by atoms with Gasteiger partial charge in [-0.1, -0.05) is 48.0 Å². The maximum atomic E-state index is 12.0. The van der Waals surface area contributed by atoms with Gasteiger partial charge in [0.1, 0.15) is 0 Å². The highest BCUT2D eigenvalue weighted by atomic mass is 16.1. The molecule has 2 aromatic rings. The van der Waals surface area contributed by atoms with Crippen LogP contribution in [0.1, 0.15) is 21.5 Å². The van der Waals surface area contributed by atoms with Crippen molar-refractivity contribution in [2.45, 2.75) is 6.92 Å². The van der Waals surface area contributed by atoms with E-state index >= 15 is 0 Å². The predicted molar refractivity (Wildman–Crippen MR) is 59.9 cm³/mol. The first-order chi connectivity index (χ1) is 7.27. The quantitative estimate of drug-likeness (QED) is 0.673. The second kappa shape index (κ2) is 4.09. The third kappa shape index (κ3) is 2.13. The molecule has 0 aliphatic rings. The molecule has 1 heteroatoms. The number of ketones is 1. The molecule has 1 nitrogen and oxygen atoms in total. The van der Waals surface area contributed by atoms with E-state index in [0.29, 0.717) is 11.1 Å². The summed E-state index contributed by atoms with van der Waals surface area (Å²) in [6, 6.07) is 17.8. The summed E-state index contributed by atoms with van der Waals surface area (Å²) < 4.78 is 0. The molecule has 0 aliphatic carbocycles. The molecule has 0 aliphatic heterocycles. The molecule has 0 saturated heterocycles. The van der Waals surface area contributed by atoms with Crippen LogP contribution in [0.25, 0.3) is 0 Å². The number of carbonyl (C=O) groups excluding carboxylic acids is 1. The fourth-order valence-corrected chi connectivity index (χ4v) is 1.46. The van der Waals surface area contributed by atoms with E-state index in [9.17, 15) is 4.79 Å². The minimum absolute atomic E-state index is 0.0271. The first-order valence-corrected chi connectivity index (χ1v) is 4.85. The van der Waals surface area contributed by atoms with Crippen LogP contribution in [-0.2, 0) is 0 Å². The zero-order chi connectivity index (χ0) is 10.7. The van der Waals surface area contributed by atoms with E-state index in [-0.39, 0.29) is 5.78 Å². The smallest absolute Gasteiger partial charge is 0.193 e. The van der Waals surface area contributed by atoms with Crippen LogP contribution in [0.2, 0.25) is 0 Å². The molecular formula is C14H11O. The second-order valence-electron chi connectivity index (χ2n) is 3.47. The lowest BCUT2D eigenvalue weighted by Gasteiger charge is -2.01. The van der Waals surface area contributed by atoms with E-state index < -0.39 is 0 Å². The van der Waals surface area contributed by atoms with Gasteiger partial charge >= 0.3 is 0 Å². The fraction of sp³-hybridized carbons (Fsp3) is 0.0714. The molecule has 2 aromatic carbocycles. The summed E-state index contributed by atoms with van der Waals surface area (Å²) in [6.07, 6.45) is 0. The first-order valence-electron chi connectivity index (χ1n) is 4.85. The topological polar surface area (TPSA) is 17.1 Å². The maximum absolute atomic E-state index is 12.0. The van der Waals surface area contributed by atoms with Gasteiger partial charge in [-0.25, -0.2) is 0 Å². The molecular weight excluding hydrogens is 184 g/mol. The summed E-state index contributed by atoms with van der Waals surface area (Å²) in [6.45, 7) is 1.97. The van der Waals surface area contributed by atoms with Crippen molar-refractivity contribution in [3.8, 4) is 0 Å². The summed E-state index contributed by atoms with van der Waals surface area (Å²) in [5.41, 5.74) is 2.41. The summed E-state index contributed by atoms with van der Waals surface area (Å²) in [5.74, 6) is 0.0271. The Hall–Kier alpha value is -1.89. The largest absolute Gasteiger partial charge is 0.289 e.